The lowest BCUT2D eigenvalue weighted by atomic mass is 10.2. The molecule has 0 radical (unpaired) electrons. The molecule has 18 heavy (non-hydrogen) atoms. The topological polar surface area (TPSA) is 41.1 Å². The number of carbonyl (C=O) groups is 1. The zero-order valence-electron chi connectivity index (χ0n) is 11.2. The third-order valence-electron chi connectivity index (χ3n) is 2.86. The van der Waals surface area contributed by atoms with E-state index in [1.807, 2.05) is 26.0 Å². The maximum Gasteiger partial charge on any atom is 0.221 e. The minimum absolute atomic E-state index is 0.102. The van der Waals surface area contributed by atoms with Crippen LogP contribution in [0.15, 0.2) is 22.7 Å². The molecule has 100 valence electrons. The van der Waals surface area contributed by atoms with Crippen molar-refractivity contribution >= 4 is 27.5 Å². The smallest absolute Gasteiger partial charge is 0.221 e. The van der Waals surface area contributed by atoms with Gasteiger partial charge in [-0.25, -0.2) is 0 Å². The summed E-state index contributed by atoms with van der Waals surface area (Å²) in [5, 5.41) is 6.20. The van der Waals surface area contributed by atoms with Crippen molar-refractivity contribution in [2.75, 3.05) is 11.9 Å². The van der Waals surface area contributed by atoms with Crippen LogP contribution in [0.2, 0.25) is 0 Å². The highest BCUT2D eigenvalue weighted by Crippen LogP contribution is 2.19. The fourth-order valence-electron chi connectivity index (χ4n) is 1.52. The number of anilines is 1. The second-order valence-electron chi connectivity index (χ2n) is 4.52. The molecule has 0 bridgehead atoms. The van der Waals surface area contributed by atoms with Gasteiger partial charge in [0.1, 0.15) is 0 Å². The number of amides is 1. The molecule has 2 N–H and O–H groups in total. The molecule has 4 heteroatoms. The number of benzene rings is 1. The highest BCUT2D eigenvalue weighted by atomic mass is 79.9. The Morgan fingerprint density at radius 2 is 2.17 bits per heavy atom. The van der Waals surface area contributed by atoms with Crippen molar-refractivity contribution in [3.8, 4) is 0 Å². The summed E-state index contributed by atoms with van der Waals surface area (Å²) in [7, 11) is 0. The van der Waals surface area contributed by atoms with E-state index in [0.717, 1.165) is 16.6 Å². The summed E-state index contributed by atoms with van der Waals surface area (Å²) in [4.78, 5) is 11.6. The quantitative estimate of drug-likeness (QED) is 0.844. The Bertz CT molecular complexity index is 407. The molecular weight excluding hydrogens is 292 g/mol. The van der Waals surface area contributed by atoms with Gasteiger partial charge in [0.05, 0.1) is 0 Å². The van der Waals surface area contributed by atoms with Crippen molar-refractivity contribution in [1.82, 2.24) is 5.32 Å². The Morgan fingerprint density at radius 3 is 2.78 bits per heavy atom. The summed E-state index contributed by atoms with van der Waals surface area (Å²) in [6.07, 6.45) is 1.46. The van der Waals surface area contributed by atoms with Crippen molar-refractivity contribution in [1.29, 1.82) is 0 Å². The number of hydrogen-bond acceptors (Lipinski definition) is 2. The molecule has 3 nitrogen and oxygen atoms in total. The number of halogens is 1. The SMILES string of the molecule is CCC(C)NC(=O)CCNc1ccc(Br)c(C)c1. The Hall–Kier alpha value is -1.03. The molecule has 0 heterocycles. The first-order chi connectivity index (χ1) is 8.52. The van der Waals surface area contributed by atoms with E-state index in [1.54, 1.807) is 0 Å². The van der Waals surface area contributed by atoms with Crippen LogP contribution in [0.4, 0.5) is 5.69 Å². The molecule has 1 rings (SSSR count). The van der Waals surface area contributed by atoms with Gasteiger partial charge in [-0.15, -0.1) is 0 Å². The highest BCUT2D eigenvalue weighted by molar-refractivity contribution is 9.10. The normalized spacial score (nSPS) is 12.0. The Balaban J connectivity index is 2.33. The first-order valence-corrected chi connectivity index (χ1v) is 7.11. The zero-order chi connectivity index (χ0) is 13.5. The van der Waals surface area contributed by atoms with Gasteiger partial charge in [-0.2, -0.15) is 0 Å². The molecule has 1 atom stereocenters. The zero-order valence-corrected chi connectivity index (χ0v) is 12.8. The molecule has 0 spiro atoms. The fourth-order valence-corrected chi connectivity index (χ4v) is 1.77. The predicted molar refractivity (Wildman–Crippen MR) is 79.9 cm³/mol. The molecule has 0 aromatic heterocycles. The van der Waals surface area contributed by atoms with Gasteiger partial charge in [0.2, 0.25) is 5.91 Å². The molecular formula is C14H21BrN2O. The van der Waals surface area contributed by atoms with Gasteiger partial charge in [0.25, 0.3) is 0 Å². The van der Waals surface area contributed by atoms with E-state index < -0.39 is 0 Å². The fraction of sp³-hybridized carbons (Fsp3) is 0.500. The summed E-state index contributed by atoms with van der Waals surface area (Å²) in [5.74, 6) is 0.102. The summed E-state index contributed by atoms with van der Waals surface area (Å²) in [6, 6.07) is 6.34. The lowest BCUT2D eigenvalue weighted by Gasteiger charge is -2.12. The van der Waals surface area contributed by atoms with Gasteiger partial charge in [-0.1, -0.05) is 22.9 Å². The average molecular weight is 313 g/mol. The Labute approximate surface area is 117 Å². The van der Waals surface area contributed by atoms with Crippen LogP contribution in [0.3, 0.4) is 0 Å². The van der Waals surface area contributed by atoms with Crippen LogP contribution in [-0.4, -0.2) is 18.5 Å². The third kappa shape index (κ3) is 5.08. The van der Waals surface area contributed by atoms with Gasteiger partial charge < -0.3 is 10.6 Å². The molecule has 0 fully saturated rings. The second kappa shape index (κ2) is 7.41. The summed E-state index contributed by atoms with van der Waals surface area (Å²) < 4.78 is 1.10. The van der Waals surface area contributed by atoms with Gasteiger partial charge in [0, 0.05) is 29.2 Å². The molecule has 0 aliphatic rings. The van der Waals surface area contributed by atoms with E-state index >= 15 is 0 Å². The minimum Gasteiger partial charge on any atom is -0.385 e. The van der Waals surface area contributed by atoms with Gasteiger partial charge in [0.15, 0.2) is 0 Å². The maximum absolute atomic E-state index is 11.6. The predicted octanol–water partition coefficient (Wildman–Crippen LogP) is 3.47. The maximum atomic E-state index is 11.6. The molecule has 1 unspecified atom stereocenters. The van der Waals surface area contributed by atoms with Crippen LogP contribution >= 0.6 is 15.9 Å². The number of nitrogens with one attached hydrogen (secondary N) is 2. The Morgan fingerprint density at radius 1 is 1.44 bits per heavy atom. The van der Waals surface area contributed by atoms with E-state index in [1.165, 1.54) is 5.56 Å². The van der Waals surface area contributed by atoms with Crippen molar-refractivity contribution < 1.29 is 4.79 Å². The van der Waals surface area contributed by atoms with Crippen LogP contribution < -0.4 is 10.6 Å². The minimum atomic E-state index is 0.102. The van der Waals surface area contributed by atoms with Crippen LogP contribution in [0, 0.1) is 6.92 Å². The van der Waals surface area contributed by atoms with Crippen molar-refractivity contribution in [2.24, 2.45) is 0 Å². The first kappa shape index (κ1) is 15.0. The second-order valence-corrected chi connectivity index (χ2v) is 5.37. The van der Waals surface area contributed by atoms with Crippen molar-refractivity contribution in [2.45, 2.75) is 39.7 Å². The first-order valence-electron chi connectivity index (χ1n) is 6.32. The molecule has 0 aliphatic heterocycles. The monoisotopic (exact) mass is 312 g/mol. The van der Waals surface area contributed by atoms with Crippen LogP contribution in [0.25, 0.3) is 0 Å². The lowest BCUT2D eigenvalue weighted by Crippen LogP contribution is -2.32. The molecule has 0 saturated carbocycles. The van der Waals surface area contributed by atoms with Gasteiger partial charge in [-0.3, -0.25) is 4.79 Å². The van der Waals surface area contributed by atoms with E-state index in [0.29, 0.717) is 13.0 Å². The number of carbonyl (C=O) groups excluding carboxylic acids is 1. The summed E-state index contributed by atoms with van der Waals surface area (Å²) in [6.45, 7) is 6.78. The summed E-state index contributed by atoms with van der Waals surface area (Å²) >= 11 is 3.46. The lowest BCUT2D eigenvalue weighted by molar-refractivity contribution is -0.121. The number of aryl methyl sites for hydroxylation is 1. The molecule has 1 aromatic carbocycles. The Kier molecular flexibility index (Phi) is 6.19. The van der Waals surface area contributed by atoms with E-state index in [9.17, 15) is 4.79 Å². The van der Waals surface area contributed by atoms with Crippen LogP contribution in [-0.2, 0) is 4.79 Å². The van der Waals surface area contributed by atoms with Crippen molar-refractivity contribution in [3.05, 3.63) is 28.2 Å². The summed E-state index contributed by atoms with van der Waals surface area (Å²) in [5.41, 5.74) is 2.23. The third-order valence-corrected chi connectivity index (χ3v) is 3.75. The molecule has 0 saturated heterocycles. The standard InChI is InChI=1S/C14H21BrN2O/c1-4-11(3)17-14(18)7-8-16-12-5-6-13(15)10(2)9-12/h5-6,9,11,16H,4,7-8H2,1-3H3,(H,17,18). The average Bonchev–Trinajstić information content (AvgIpc) is 2.33. The van der Waals surface area contributed by atoms with Gasteiger partial charge in [-0.05, 0) is 44.0 Å². The van der Waals surface area contributed by atoms with Crippen LogP contribution in [0.5, 0.6) is 0 Å². The number of hydrogen-bond donors (Lipinski definition) is 2. The van der Waals surface area contributed by atoms with Crippen LogP contribution in [0.1, 0.15) is 32.3 Å². The number of rotatable bonds is 6. The largest absolute Gasteiger partial charge is 0.385 e. The van der Waals surface area contributed by atoms with E-state index in [-0.39, 0.29) is 11.9 Å². The van der Waals surface area contributed by atoms with E-state index in [2.05, 4.69) is 39.6 Å². The van der Waals surface area contributed by atoms with E-state index in [4.69, 9.17) is 0 Å². The molecule has 1 amide bonds. The molecule has 0 aliphatic carbocycles. The van der Waals surface area contributed by atoms with Gasteiger partial charge >= 0.3 is 0 Å². The highest BCUT2D eigenvalue weighted by Gasteiger charge is 2.04. The molecule has 1 aromatic rings. The van der Waals surface area contributed by atoms with Crippen molar-refractivity contribution in [3.63, 3.8) is 0 Å².